The van der Waals surface area contributed by atoms with Crippen molar-refractivity contribution >= 4 is 23.4 Å². The van der Waals surface area contributed by atoms with Crippen LogP contribution < -0.4 is 5.32 Å². The molecule has 2 aromatic carbocycles. The maximum Gasteiger partial charge on any atom is 0.288 e. The van der Waals surface area contributed by atoms with Gasteiger partial charge < -0.3 is 5.32 Å². The third-order valence-corrected chi connectivity index (χ3v) is 4.47. The molecule has 0 atom stereocenters. The van der Waals surface area contributed by atoms with Crippen molar-refractivity contribution in [2.45, 2.75) is 37.1 Å². The molecule has 0 heterocycles. The van der Waals surface area contributed by atoms with Crippen molar-refractivity contribution in [2.24, 2.45) is 0 Å². The monoisotopic (exact) mass is 364 g/mol. The summed E-state index contributed by atoms with van der Waals surface area (Å²) in [5.74, 6) is -2.74. The van der Waals surface area contributed by atoms with Crippen LogP contribution in [0.25, 0.3) is 0 Å². The Labute approximate surface area is 151 Å². The number of hydrogen-bond donors (Lipinski definition) is 1. The number of carbonyl (C=O) groups is 1. The minimum Gasteiger partial charge on any atom is -0.324 e. The zero-order valence-electron chi connectivity index (χ0n) is 14.3. The minimum atomic E-state index is -2.52. The topological polar surface area (TPSA) is 32.3 Å². The van der Waals surface area contributed by atoms with Gasteiger partial charge in [0.25, 0.3) is 5.76 Å². The molecule has 0 spiro atoms. The molecule has 0 aromatic heterocycles. The number of rotatable bonds is 8. The molecule has 0 unspecified atom stereocenters. The van der Waals surface area contributed by atoms with E-state index in [-0.39, 0.29) is 18.5 Å². The number of thioether (sulfide) groups is 1. The number of alkyl halides is 2. The van der Waals surface area contributed by atoms with Gasteiger partial charge in [-0.1, -0.05) is 54.2 Å². The number of halogens is 2. The van der Waals surface area contributed by atoms with Gasteiger partial charge in [0.1, 0.15) is 0 Å². The van der Waals surface area contributed by atoms with Crippen LogP contribution in [0.1, 0.15) is 19.4 Å². The standard InChI is InChI=1S/C19H22F2N2OS/c1-14(2)23(12-15-8-4-3-5-9-15)13-18(24)22-16-10-6-7-11-17(16)25-19(20)21/h3-11,14,19H,12-13H2,1-2H3,(H,22,24). The average Bonchev–Trinajstić information content (AvgIpc) is 2.56. The molecular formula is C19H22F2N2OS. The van der Waals surface area contributed by atoms with Crippen LogP contribution in [-0.2, 0) is 11.3 Å². The number of amides is 1. The summed E-state index contributed by atoms with van der Waals surface area (Å²) < 4.78 is 25.3. The van der Waals surface area contributed by atoms with Gasteiger partial charge in [0, 0.05) is 17.5 Å². The summed E-state index contributed by atoms with van der Waals surface area (Å²) in [6, 6.07) is 16.7. The molecule has 134 valence electrons. The highest BCUT2D eigenvalue weighted by Gasteiger charge is 2.16. The van der Waals surface area contributed by atoms with Gasteiger partial charge in [-0.2, -0.15) is 8.78 Å². The van der Waals surface area contributed by atoms with Gasteiger partial charge in [0.2, 0.25) is 5.91 Å². The van der Waals surface area contributed by atoms with E-state index in [0.717, 1.165) is 5.56 Å². The predicted molar refractivity (Wildman–Crippen MR) is 98.9 cm³/mol. The SMILES string of the molecule is CC(C)N(CC(=O)Nc1ccccc1SC(F)F)Cc1ccccc1. The number of carbonyl (C=O) groups excluding carboxylic acids is 1. The predicted octanol–water partition coefficient (Wildman–Crippen LogP) is 4.85. The highest BCUT2D eigenvalue weighted by atomic mass is 32.2. The number of hydrogen-bond acceptors (Lipinski definition) is 3. The van der Waals surface area contributed by atoms with Gasteiger partial charge in [-0.25, -0.2) is 0 Å². The van der Waals surface area contributed by atoms with Crippen molar-refractivity contribution < 1.29 is 13.6 Å². The van der Waals surface area contributed by atoms with Crippen LogP contribution in [0.4, 0.5) is 14.5 Å². The van der Waals surface area contributed by atoms with E-state index in [1.165, 1.54) is 0 Å². The highest BCUT2D eigenvalue weighted by molar-refractivity contribution is 7.99. The molecule has 0 aliphatic carbocycles. The van der Waals surface area contributed by atoms with Crippen LogP contribution in [0.2, 0.25) is 0 Å². The second kappa shape index (κ2) is 9.53. The zero-order chi connectivity index (χ0) is 18.2. The second-order valence-electron chi connectivity index (χ2n) is 5.91. The van der Waals surface area contributed by atoms with Gasteiger partial charge in [0.05, 0.1) is 12.2 Å². The summed E-state index contributed by atoms with van der Waals surface area (Å²) in [5.41, 5.74) is 1.54. The lowest BCUT2D eigenvalue weighted by Gasteiger charge is -2.26. The lowest BCUT2D eigenvalue weighted by Crippen LogP contribution is -2.37. The smallest absolute Gasteiger partial charge is 0.288 e. The van der Waals surface area contributed by atoms with Crippen molar-refractivity contribution in [3.8, 4) is 0 Å². The molecule has 1 N–H and O–H groups in total. The molecule has 0 aliphatic rings. The van der Waals surface area contributed by atoms with E-state index in [9.17, 15) is 13.6 Å². The zero-order valence-corrected chi connectivity index (χ0v) is 15.1. The maximum atomic E-state index is 12.6. The number of para-hydroxylation sites is 1. The van der Waals surface area contributed by atoms with E-state index >= 15 is 0 Å². The Morgan fingerprint density at radius 2 is 1.72 bits per heavy atom. The Morgan fingerprint density at radius 3 is 2.36 bits per heavy atom. The lowest BCUT2D eigenvalue weighted by molar-refractivity contribution is -0.117. The molecule has 0 fully saturated rings. The quantitative estimate of drug-likeness (QED) is 0.680. The fraction of sp³-hybridized carbons (Fsp3) is 0.316. The molecule has 0 radical (unpaired) electrons. The Hall–Kier alpha value is -1.92. The van der Waals surface area contributed by atoms with Crippen molar-refractivity contribution in [3.05, 3.63) is 60.2 Å². The number of nitrogens with one attached hydrogen (secondary N) is 1. The molecule has 0 aliphatic heterocycles. The molecule has 3 nitrogen and oxygen atoms in total. The fourth-order valence-corrected chi connectivity index (χ4v) is 2.98. The normalized spacial score (nSPS) is 11.3. The molecule has 0 bridgehead atoms. The van der Waals surface area contributed by atoms with Crippen molar-refractivity contribution in [1.82, 2.24) is 4.90 Å². The molecule has 0 saturated carbocycles. The first-order valence-corrected chi connectivity index (χ1v) is 8.95. The molecule has 1 amide bonds. The van der Waals surface area contributed by atoms with Crippen molar-refractivity contribution in [1.29, 1.82) is 0 Å². The van der Waals surface area contributed by atoms with Crippen molar-refractivity contribution in [3.63, 3.8) is 0 Å². The molecular weight excluding hydrogens is 342 g/mol. The highest BCUT2D eigenvalue weighted by Crippen LogP contribution is 2.31. The van der Waals surface area contributed by atoms with Crippen LogP contribution in [0.5, 0.6) is 0 Å². The van der Waals surface area contributed by atoms with E-state index in [1.807, 2.05) is 49.1 Å². The van der Waals surface area contributed by atoms with Crippen LogP contribution in [0, 0.1) is 0 Å². The third-order valence-electron chi connectivity index (χ3n) is 3.68. The Kier molecular flexibility index (Phi) is 7.40. The van der Waals surface area contributed by atoms with Crippen molar-refractivity contribution in [2.75, 3.05) is 11.9 Å². The summed E-state index contributed by atoms with van der Waals surface area (Å²) in [4.78, 5) is 14.8. The van der Waals surface area contributed by atoms with Crippen LogP contribution >= 0.6 is 11.8 Å². The Bertz CT molecular complexity index is 680. The minimum absolute atomic E-state index is 0.177. The molecule has 2 aromatic rings. The lowest BCUT2D eigenvalue weighted by atomic mass is 10.2. The Balaban J connectivity index is 2.02. The van der Waals surface area contributed by atoms with E-state index in [2.05, 4.69) is 5.32 Å². The maximum absolute atomic E-state index is 12.6. The third kappa shape index (κ3) is 6.48. The number of nitrogens with zero attached hydrogens (tertiary/aromatic N) is 1. The first-order valence-electron chi connectivity index (χ1n) is 8.07. The Morgan fingerprint density at radius 1 is 1.08 bits per heavy atom. The molecule has 6 heteroatoms. The van der Waals surface area contributed by atoms with Gasteiger partial charge in [-0.15, -0.1) is 0 Å². The second-order valence-corrected chi connectivity index (χ2v) is 6.94. The van der Waals surface area contributed by atoms with E-state index in [4.69, 9.17) is 0 Å². The summed E-state index contributed by atoms with van der Waals surface area (Å²) in [6.45, 7) is 4.90. The van der Waals surface area contributed by atoms with Gasteiger partial charge >= 0.3 is 0 Å². The van der Waals surface area contributed by atoms with Gasteiger partial charge in [-0.3, -0.25) is 9.69 Å². The summed E-state index contributed by atoms with van der Waals surface area (Å²) >= 11 is 0.433. The summed E-state index contributed by atoms with van der Waals surface area (Å²) in [7, 11) is 0. The summed E-state index contributed by atoms with van der Waals surface area (Å²) in [5, 5.41) is 2.75. The van der Waals surface area contributed by atoms with E-state index < -0.39 is 5.76 Å². The van der Waals surface area contributed by atoms with E-state index in [0.29, 0.717) is 28.9 Å². The van der Waals surface area contributed by atoms with Crippen LogP contribution in [0.15, 0.2) is 59.5 Å². The van der Waals surface area contributed by atoms with Gasteiger partial charge in [-0.05, 0) is 31.5 Å². The van der Waals surface area contributed by atoms with E-state index in [1.54, 1.807) is 24.3 Å². The fourth-order valence-electron chi connectivity index (χ4n) is 2.38. The van der Waals surface area contributed by atoms with Crippen LogP contribution in [0.3, 0.4) is 0 Å². The molecule has 2 rings (SSSR count). The molecule has 0 saturated heterocycles. The first kappa shape index (κ1) is 19.4. The van der Waals surface area contributed by atoms with Crippen LogP contribution in [-0.4, -0.2) is 29.2 Å². The largest absolute Gasteiger partial charge is 0.324 e. The number of benzene rings is 2. The summed E-state index contributed by atoms with van der Waals surface area (Å²) in [6.07, 6.45) is 0. The average molecular weight is 364 g/mol. The van der Waals surface area contributed by atoms with Gasteiger partial charge in [0.15, 0.2) is 0 Å². The molecule has 25 heavy (non-hydrogen) atoms. The first-order chi connectivity index (χ1) is 12.0. The number of anilines is 1.